The Labute approximate surface area is 75.3 Å². The van der Waals surface area contributed by atoms with E-state index in [0.29, 0.717) is 11.4 Å². The van der Waals surface area contributed by atoms with Gasteiger partial charge in [0.15, 0.2) is 0 Å². The van der Waals surface area contributed by atoms with Crippen LogP contribution in [-0.4, -0.2) is 12.0 Å². The molecule has 0 atom stereocenters. The molecule has 1 aromatic rings. The quantitative estimate of drug-likeness (QED) is 0.549. The summed E-state index contributed by atoms with van der Waals surface area (Å²) in [6.07, 6.45) is 1.43. The molecule has 0 radical (unpaired) electrons. The smallest absolute Gasteiger partial charge is 0.240 e. The summed E-state index contributed by atoms with van der Waals surface area (Å²) in [4.78, 5) is 23.9. The third kappa shape index (κ3) is 2.89. The van der Waals surface area contributed by atoms with E-state index in [2.05, 4.69) is 10.3 Å². The van der Waals surface area contributed by atoms with Crippen molar-refractivity contribution in [2.45, 2.75) is 6.92 Å². The number of rotatable bonds is 2. The van der Waals surface area contributed by atoms with Crippen molar-refractivity contribution in [3.8, 4) is 0 Å². The molecule has 0 heterocycles. The zero-order valence-corrected chi connectivity index (χ0v) is 7.07. The Hall–Kier alpha value is -1.93. The standard InChI is InChI=1S/C9H8N2O2/c1-7(13)11-9-4-2-8(3-5-9)10-6-12/h2-5H,1H3,(H,11,13). The van der Waals surface area contributed by atoms with Crippen molar-refractivity contribution >= 4 is 23.4 Å². The summed E-state index contributed by atoms with van der Waals surface area (Å²) >= 11 is 0. The fourth-order valence-electron chi connectivity index (χ4n) is 0.875. The van der Waals surface area contributed by atoms with Crippen molar-refractivity contribution in [2.24, 2.45) is 4.99 Å². The van der Waals surface area contributed by atoms with E-state index < -0.39 is 0 Å². The molecule has 1 amide bonds. The maximum absolute atomic E-state index is 10.6. The highest BCUT2D eigenvalue weighted by molar-refractivity contribution is 5.88. The number of nitrogens with zero attached hydrogens (tertiary/aromatic N) is 1. The van der Waals surface area contributed by atoms with Gasteiger partial charge >= 0.3 is 0 Å². The molecule has 0 saturated heterocycles. The van der Waals surface area contributed by atoms with Crippen LogP contribution in [0, 0.1) is 0 Å². The predicted octanol–water partition coefficient (Wildman–Crippen LogP) is 1.61. The Morgan fingerprint density at radius 2 is 2.00 bits per heavy atom. The van der Waals surface area contributed by atoms with E-state index in [9.17, 15) is 9.59 Å². The van der Waals surface area contributed by atoms with Crippen LogP contribution in [0.5, 0.6) is 0 Å². The number of carbonyl (C=O) groups excluding carboxylic acids is 2. The third-order valence-electron chi connectivity index (χ3n) is 1.36. The number of carbonyl (C=O) groups is 1. The molecule has 0 bridgehead atoms. The molecule has 66 valence electrons. The van der Waals surface area contributed by atoms with Crippen molar-refractivity contribution in [1.82, 2.24) is 0 Å². The molecule has 0 saturated carbocycles. The molecular weight excluding hydrogens is 168 g/mol. The Balaban J connectivity index is 2.80. The highest BCUT2D eigenvalue weighted by atomic mass is 16.1. The normalized spacial score (nSPS) is 8.69. The number of hydrogen-bond acceptors (Lipinski definition) is 3. The first-order valence-electron chi connectivity index (χ1n) is 3.68. The number of anilines is 1. The van der Waals surface area contributed by atoms with Gasteiger partial charge in [0.1, 0.15) is 0 Å². The largest absolute Gasteiger partial charge is 0.326 e. The van der Waals surface area contributed by atoms with Gasteiger partial charge in [0.05, 0.1) is 5.69 Å². The van der Waals surface area contributed by atoms with E-state index in [1.165, 1.54) is 13.0 Å². The van der Waals surface area contributed by atoms with Gasteiger partial charge in [0, 0.05) is 12.6 Å². The maximum Gasteiger partial charge on any atom is 0.240 e. The molecular formula is C9H8N2O2. The van der Waals surface area contributed by atoms with Gasteiger partial charge in [-0.1, -0.05) is 0 Å². The molecule has 4 heteroatoms. The maximum atomic E-state index is 10.6. The zero-order chi connectivity index (χ0) is 9.68. The SMILES string of the molecule is CC(=O)Nc1ccc(N=C=O)cc1. The van der Waals surface area contributed by atoms with Gasteiger partial charge in [-0.25, -0.2) is 4.79 Å². The molecule has 1 rings (SSSR count). The fraction of sp³-hybridized carbons (Fsp3) is 0.111. The summed E-state index contributed by atoms with van der Waals surface area (Å²) < 4.78 is 0. The van der Waals surface area contributed by atoms with Crippen LogP contribution in [0.25, 0.3) is 0 Å². The minimum absolute atomic E-state index is 0.133. The lowest BCUT2D eigenvalue weighted by Gasteiger charge is -2.00. The number of nitrogens with one attached hydrogen (secondary N) is 1. The lowest BCUT2D eigenvalue weighted by Crippen LogP contribution is -2.04. The van der Waals surface area contributed by atoms with Crippen LogP contribution in [0.2, 0.25) is 0 Å². The van der Waals surface area contributed by atoms with E-state index in [-0.39, 0.29) is 5.91 Å². The lowest BCUT2D eigenvalue weighted by molar-refractivity contribution is -0.114. The van der Waals surface area contributed by atoms with Crippen LogP contribution in [0.3, 0.4) is 0 Å². The van der Waals surface area contributed by atoms with Crippen LogP contribution in [0.4, 0.5) is 11.4 Å². The monoisotopic (exact) mass is 176 g/mol. The second kappa shape index (κ2) is 4.18. The van der Waals surface area contributed by atoms with Gasteiger partial charge in [-0.15, -0.1) is 0 Å². The van der Waals surface area contributed by atoms with Crippen molar-refractivity contribution in [3.05, 3.63) is 24.3 Å². The van der Waals surface area contributed by atoms with Gasteiger partial charge in [-0.2, -0.15) is 4.99 Å². The summed E-state index contributed by atoms with van der Waals surface area (Å²) in [5.41, 5.74) is 1.20. The van der Waals surface area contributed by atoms with Gasteiger partial charge in [0.2, 0.25) is 12.0 Å². The summed E-state index contributed by atoms with van der Waals surface area (Å²) in [7, 11) is 0. The van der Waals surface area contributed by atoms with Crippen LogP contribution < -0.4 is 5.32 Å². The number of isocyanates is 1. The summed E-state index contributed by atoms with van der Waals surface area (Å²) in [6, 6.07) is 6.57. The number of amides is 1. The van der Waals surface area contributed by atoms with Crippen LogP contribution in [0.1, 0.15) is 6.92 Å². The second-order valence-electron chi connectivity index (χ2n) is 2.43. The Bertz CT molecular complexity index is 350. The van der Waals surface area contributed by atoms with Gasteiger partial charge in [0.25, 0.3) is 0 Å². The molecule has 13 heavy (non-hydrogen) atoms. The highest BCUT2D eigenvalue weighted by Gasteiger charge is 1.94. The van der Waals surface area contributed by atoms with E-state index in [0.717, 1.165) is 0 Å². The van der Waals surface area contributed by atoms with E-state index in [1.807, 2.05) is 0 Å². The number of hydrogen-bond donors (Lipinski definition) is 1. The van der Waals surface area contributed by atoms with Gasteiger partial charge in [-0.05, 0) is 24.3 Å². The Morgan fingerprint density at radius 1 is 1.38 bits per heavy atom. The minimum Gasteiger partial charge on any atom is -0.326 e. The topological polar surface area (TPSA) is 58.5 Å². The molecule has 1 N–H and O–H groups in total. The van der Waals surface area contributed by atoms with Gasteiger partial charge in [-0.3, -0.25) is 4.79 Å². The molecule has 0 spiro atoms. The van der Waals surface area contributed by atoms with Crippen molar-refractivity contribution in [3.63, 3.8) is 0 Å². The first-order chi connectivity index (χ1) is 6.22. The molecule has 0 aliphatic heterocycles. The molecule has 0 aliphatic carbocycles. The first-order valence-corrected chi connectivity index (χ1v) is 3.68. The van der Waals surface area contributed by atoms with E-state index >= 15 is 0 Å². The second-order valence-corrected chi connectivity index (χ2v) is 2.43. The predicted molar refractivity (Wildman–Crippen MR) is 48.5 cm³/mol. The molecule has 4 nitrogen and oxygen atoms in total. The van der Waals surface area contributed by atoms with E-state index in [4.69, 9.17) is 0 Å². The van der Waals surface area contributed by atoms with Crippen LogP contribution >= 0.6 is 0 Å². The zero-order valence-electron chi connectivity index (χ0n) is 7.07. The average molecular weight is 176 g/mol. The molecule has 0 unspecified atom stereocenters. The molecule has 1 aromatic carbocycles. The third-order valence-corrected chi connectivity index (χ3v) is 1.36. The Kier molecular flexibility index (Phi) is 2.95. The summed E-state index contributed by atoms with van der Waals surface area (Å²) in [5.74, 6) is -0.133. The molecule has 0 aromatic heterocycles. The fourth-order valence-corrected chi connectivity index (χ4v) is 0.875. The van der Waals surface area contributed by atoms with Crippen molar-refractivity contribution in [2.75, 3.05) is 5.32 Å². The average Bonchev–Trinajstić information content (AvgIpc) is 2.08. The van der Waals surface area contributed by atoms with E-state index in [1.54, 1.807) is 24.3 Å². The summed E-state index contributed by atoms with van der Waals surface area (Å²) in [6.45, 7) is 1.43. The summed E-state index contributed by atoms with van der Waals surface area (Å²) in [5, 5.41) is 2.59. The Morgan fingerprint density at radius 3 is 2.46 bits per heavy atom. The highest BCUT2D eigenvalue weighted by Crippen LogP contribution is 2.15. The van der Waals surface area contributed by atoms with Crippen molar-refractivity contribution < 1.29 is 9.59 Å². The van der Waals surface area contributed by atoms with Crippen LogP contribution in [0.15, 0.2) is 29.3 Å². The lowest BCUT2D eigenvalue weighted by atomic mass is 10.3. The molecule has 0 aliphatic rings. The minimum atomic E-state index is -0.133. The van der Waals surface area contributed by atoms with Crippen LogP contribution in [-0.2, 0) is 9.59 Å². The van der Waals surface area contributed by atoms with Gasteiger partial charge < -0.3 is 5.32 Å². The number of aliphatic imine (C=N–C) groups is 1. The molecule has 0 fully saturated rings. The first kappa shape index (κ1) is 9.16. The number of benzene rings is 1. The van der Waals surface area contributed by atoms with Crippen molar-refractivity contribution in [1.29, 1.82) is 0 Å².